The first-order chi connectivity index (χ1) is 31.0. The van der Waals surface area contributed by atoms with Gasteiger partial charge in [0, 0.05) is 0 Å². The van der Waals surface area contributed by atoms with Crippen LogP contribution in [0.2, 0.25) is 0 Å². The van der Waals surface area contributed by atoms with Gasteiger partial charge in [0.25, 0.3) is 0 Å². The van der Waals surface area contributed by atoms with Gasteiger partial charge in [-0.3, -0.25) is 0 Å². The SMILES string of the molecule is CCCCCCC[N+](C)(C)C1CCCCCCCCC1.CCCCCCC[N+](C)(C)C1CCCCCCCCC1.CCCCCCC[N+](C)(C)C1CCCCCCCCC1.O=P([O-])([O-])[O-]. The fourth-order valence-corrected chi connectivity index (χ4v) is 11.4. The number of phosphoric acid groups is 1. The molecule has 3 aliphatic rings. The Bertz CT molecular complexity index is 912. The van der Waals surface area contributed by atoms with Gasteiger partial charge in [0.15, 0.2) is 0 Å². The van der Waals surface area contributed by atoms with Crippen LogP contribution in [0.4, 0.5) is 0 Å². The van der Waals surface area contributed by atoms with E-state index in [9.17, 15) is 0 Å². The first kappa shape index (κ1) is 65.0. The van der Waals surface area contributed by atoms with Crippen molar-refractivity contribution in [3.8, 4) is 0 Å². The molecule has 0 bridgehead atoms. The average Bonchev–Trinajstić information content (AvgIpc) is 3.26. The number of hydrogen-bond donors (Lipinski definition) is 0. The van der Waals surface area contributed by atoms with Crippen LogP contribution in [0.5, 0.6) is 0 Å². The van der Waals surface area contributed by atoms with Crippen molar-refractivity contribution in [3.05, 3.63) is 0 Å². The second kappa shape index (κ2) is 41.7. The molecule has 0 atom stereocenters. The van der Waals surface area contributed by atoms with Gasteiger partial charge in [0.2, 0.25) is 0 Å². The van der Waals surface area contributed by atoms with Gasteiger partial charge in [-0.2, -0.15) is 7.82 Å². The smallest absolute Gasteiger partial charge is 0.0886 e. The van der Waals surface area contributed by atoms with Crippen molar-refractivity contribution in [1.82, 2.24) is 0 Å². The molecular weight excluding hydrogens is 822 g/mol. The fraction of sp³-hybridized carbons (Fsp3) is 1.00. The van der Waals surface area contributed by atoms with Crippen LogP contribution in [0.25, 0.3) is 0 Å². The summed E-state index contributed by atoms with van der Waals surface area (Å²) in [5.74, 6) is 0. The molecule has 8 heteroatoms. The highest BCUT2D eigenvalue weighted by Crippen LogP contribution is 2.27. The molecule has 0 aliphatic heterocycles. The van der Waals surface area contributed by atoms with Crippen LogP contribution in [0.1, 0.15) is 290 Å². The maximum atomic E-state index is 8.55. The number of unbranched alkanes of at least 4 members (excludes halogenated alkanes) is 12. The van der Waals surface area contributed by atoms with Crippen LogP contribution in [-0.4, -0.2) is 93.5 Å². The highest BCUT2D eigenvalue weighted by Gasteiger charge is 2.29. The molecule has 3 aliphatic carbocycles. The largest absolute Gasteiger partial charge is 0.822 e. The number of rotatable bonds is 21. The van der Waals surface area contributed by atoms with Gasteiger partial charge in [-0.25, -0.2) is 0 Å². The van der Waals surface area contributed by atoms with Gasteiger partial charge in [-0.05, 0) is 116 Å². The molecule has 0 aromatic heterocycles. The van der Waals surface area contributed by atoms with Gasteiger partial charge in [0.05, 0.1) is 80.0 Å². The van der Waals surface area contributed by atoms with Gasteiger partial charge >= 0.3 is 0 Å². The van der Waals surface area contributed by atoms with Gasteiger partial charge < -0.3 is 32.7 Å². The van der Waals surface area contributed by atoms with E-state index in [-0.39, 0.29) is 0 Å². The summed E-state index contributed by atoms with van der Waals surface area (Å²) >= 11 is 0. The highest BCUT2D eigenvalue weighted by molar-refractivity contribution is 7.40. The molecule has 3 saturated carbocycles. The summed E-state index contributed by atoms with van der Waals surface area (Å²) in [6.07, 6.45) is 61.3. The second-order valence-electron chi connectivity index (χ2n) is 23.3. The number of quaternary nitrogens is 3. The summed E-state index contributed by atoms with van der Waals surface area (Å²) in [7, 11) is 9.59. The lowest BCUT2D eigenvalue weighted by atomic mass is 9.95. The Morgan fingerprint density at radius 2 is 0.462 bits per heavy atom. The van der Waals surface area contributed by atoms with Crippen molar-refractivity contribution in [1.29, 1.82) is 0 Å². The van der Waals surface area contributed by atoms with E-state index in [4.69, 9.17) is 19.2 Å². The number of nitrogens with zero attached hydrogens (tertiary/aromatic N) is 3. The maximum Gasteiger partial charge on any atom is 0.0886 e. The third-order valence-electron chi connectivity index (χ3n) is 16.2. The van der Waals surface area contributed by atoms with Crippen LogP contribution in [0.3, 0.4) is 0 Å². The number of hydrogen-bond acceptors (Lipinski definition) is 4. The van der Waals surface area contributed by atoms with E-state index in [1.807, 2.05) is 0 Å². The van der Waals surface area contributed by atoms with Gasteiger partial charge in [-0.1, -0.05) is 175 Å². The third kappa shape index (κ3) is 40.4. The summed E-state index contributed by atoms with van der Waals surface area (Å²) in [6, 6.07) is 2.79. The van der Waals surface area contributed by atoms with Crippen molar-refractivity contribution in [3.63, 3.8) is 0 Å². The molecule has 0 saturated heterocycles. The third-order valence-corrected chi connectivity index (χ3v) is 16.2. The van der Waals surface area contributed by atoms with Crippen LogP contribution >= 0.6 is 7.82 Å². The Morgan fingerprint density at radius 1 is 0.308 bits per heavy atom. The molecule has 3 rings (SSSR count). The topological polar surface area (TPSA) is 86.2 Å². The predicted molar refractivity (Wildman–Crippen MR) is 281 cm³/mol. The zero-order valence-electron chi connectivity index (χ0n) is 46.0. The van der Waals surface area contributed by atoms with E-state index in [0.717, 1.165) is 18.1 Å². The van der Waals surface area contributed by atoms with E-state index >= 15 is 0 Å². The van der Waals surface area contributed by atoms with Gasteiger partial charge in [0.1, 0.15) is 0 Å². The normalized spacial score (nSPS) is 19.3. The fourth-order valence-electron chi connectivity index (χ4n) is 11.4. The molecule has 65 heavy (non-hydrogen) atoms. The Balaban J connectivity index is 0.000000896. The van der Waals surface area contributed by atoms with Crippen molar-refractivity contribution in [2.24, 2.45) is 0 Å². The quantitative estimate of drug-likeness (QED) is 0.0652. The molecule has 0 unspecified atom stereocenters. The second-order valence-corrected chi connectivity index (χ2v) is 24.2. The van der Waals surface area contributed by atoms with Crippen molar-refractivity contribution in [2.45, 2.75) is 309 Å². The van der Waals surface area contributed by atoms with E-state index in [0.29, 0.717) is 0 Å². The minimum atomic E-state index is -5.39. The molecule has 0 aromatic carbocycles. The molecule has 0 aromatic rings. The van der Waals surface area contributed by atoms with E-state index in [1.54, 1.807) is 0 Å². The van der Waals surface area contributed by atoms with E-state index < -0.39 is 7.82 Å². The summed E-state index contributed by atoms with van der Waals surface area (Å²) in [6.45, 7) is 11.1. The highest BCUT2D eigenvalue weighted by atomic mass is 31.2. The first-order valence-corrected chi connectivity index (χ1v) is 30.7. The molecule has 0 heterocycles. The van der Waals surface area contributed by atoms with Crippen molar-refractivity contribution in [2.75, 3.05) is 61.9 Å². The Kier molecular flexibility index (Phi) is 41.7. The Labute approximate surface area is 409 Å². The standard InChI is InChI=1S/3C19H40N.H3O4P/c3*1-4-5-6-12-15-18-20(2,3)19-16-13-10-8-7-9-11-14-17-19;1-5(2,3)4/h3*19H,4-18H2,1-3H3;(H3,1,2,3,4)/q3*+1;/p-3. The van der Waals surface area contributed by atoms with Crippen LogP contribution in [0.15, 0.2) is 0 Å². The Morgan fingerprint density at radius 3 is 0.631 bits per heavy atom. The molecule has 0 amide bonds. The van der Waals surface area contributed by atoms with E-state index in [1.165, 1.54) is 303 Å². The zero-order chi connectivity index (χ0) is 48.6. The molecule has 392 valence electrons. The zero-order valence-corrected chi connectivity index (χ0v) is 46.9. The minimum Gasteiger partial charge on any atom is -0.822 e. The lowest BCUT2D eigenvalue weighted by Crippen LogP contribution is -2.49. The minimum absolute atomic E-state index is 0.930. The summed E-state index contributed by atoms with van der Waals surface area (Å²) < 4.78 is 12.4. The van der Waals surface area contributed by atoms with E-state index in [2.05, 4.69) is 63.1 Å². The van der Waals surface area contributed by atoms with Crippen molar-refractivity contribution >= 4 is 7.82 Å². The average molecular weight is 943 g/mol. The molecule has 0 N–H and O–H groups in total. The van der Waals surface area contributed by atoms with Crippen LogP contribution in [0, 0.1) is 0 Å². The Hall–Kier alpha value is -0.0100. The molecule has 0 spiro atoms. The maximum absolute atomic E-state index is 8.55. The summed E-state index contributed by atoms with van der Waals surface area (Å²) in [5.41, 5.74) is 0. The van der Waals surface area contributed by atoms with Crippen LogP contribution < -0.4 is 14.7 Å². The summed E-state index contributed by atoms with van der Waals surface area (Å²) in [4.78, 5) is 25.6. The molecule has 3 fully saturated rings. The van der Waals surface area contributed by atoms with Crippen molar-refractivity contribution < 1.29 is 32.7 Å². The molecule has 7 nitrogen and oxygen atoms in total. The summed E-state index contributed by atoms with van der Waals surface area (Å²) in [5, 5.41) is 0. The molecule has 0 radical (unpaired) electrons. The lowest BCUT2D eigenvalue weighted by Gasteiger charge is -2.39. The molecular formula is C57H120N3O4P. The predicted octanol–water partition coefficient (Wildman–Crippen LogP) is 15.0. The monoisotopic (exact) mass is 942 g/mol. The first-order valence-electron chi connectivity index (χ1n) is 29.2. The van der Waals surface area contributed by atoms with Crippen LogP contribution in [-0.2, 0) is 4.57 Å². The lowest BCUT2D eigenvalue weighted by molar-refractivity contribution is -0.916. The van der Waals surface area contributed by atoms with Gasteiger partial charge in [-0.15, -0.1) is 0 Å².